The Morgan fingerprint density at radius 2 is 1.81 bits per heavy atom. The molecule has 0 spiro atoms. The molecule has 3 aromatic rings. The first kappa shape index (κ1) is 12.9. The van der Waals surface area contributed by atoms with E-state index in [1.165, 1.54) is 18.3 Å². The van der Waals surface area contributed by atoms with Crippen LogP contribution in [0.4, 0.5) is 0 Å². The molecule has 0 fully saturated rings. The molecule has 1 heterocycles. The van der Waals surface area contributed by atoms with Crippen molar-refractivity contribution < 1.29 is 14.6 Å². The summed E-state index contributed by atoms with van der Waals surface area (Å²) in [7, 11) is 0. The van der Waals surface area contributed by atoms with Gasteiger partial charge in [0.25, 0.3) is 0 Å². The minimum atomic E-state index is -0.553. The summed E-state index contributed by atoms with van der Waals surface area (Å²) in [5.74, 6) is 0.0377. The summed E-state index contributed by atoms with van der Waals surface area (Å²) in [5.41, 5.74) is 5.44. The number of pyridine rings is 1. The van der Waals surface area contributed by atoms with Gasteiger partial charge in [-0.3, -0.25) is 4.79 Å². The minimum absolute atomic E-state index is 0.0227. The number of carbonyl (C=O) groups is 1. The molecular weight excluding hydrogens is 268 g/mol. The number of fused-ring (bicyclic) bond motifs is 1. The van der Waals surface area contributed by atoms with Crippen molar-refractivity contribution in [1.82, 2.24) is 4.98 Å². The first-order valence-corrected chi connectivity index (χ1v) is 6.29. The molecule has 3 rings (SSSR count). The summed E-state index contributed by atoms with van der Waals surface area (Å²) in [6.07, 6.45) is 1.33. The molecule has 1 aromatic heterocycles. The van der Waals surface area contributed by atoms with E-state index < -0.39 is 5.91 Å². The average molecular weight is 280 g/mol. The Morgan fingerprint density at radius 3 is 2.43 bits per heavy atom. The van der Waals surface area contributed by atoms with Crippen LogP contribution in [-0.4, -0.2) is 16.0 Å². The van der Waals surface area contributed by atoms with Gasteiger partial charge in [-0.25, -0.2) is 4.98 Å². The number of aromatic nitrogens is 1. The maximum atomic E-state index is 11.0. The van der Waals surface area contributed by atoms with Gasteiger partial charge in [-0.2, -0.15) is 0 Å². The van der Waals surface area contributed by atoms with Crippen LogP contribution < -0.4 is 10.5 Å². The number of carbonyl (C=O) groups excluding carboxylic acids is 1. The molecule has 0 saturated heterocycles. The number of amides is 1. The smallest absolute Gasteiger partial charge is 0.250 e. The molecule has 0 aliphatic heterocycles. The zero-order valence-electron chi connectivity index (χ0n) is 11.0. The third-order valence-corrected chi connectivity index (χ3v) is 3.06. The standard InChI is InChI=1S/C16H12N2O3/c17-16(20)12-5-6-15(18-9-12)21-14-8-11-4-2-1-3-10(11)7-13(14)19/h1-9,19H,(H2,17,20). The number of aromatic hydroxyl groups is 1. The summed E-state index contributed by atoms with van der Waals surface area (Å²) in [6, 6.07) is 14.0. The molecule has 5 heteroatoms. The number of nitrogens with zero attached hydrogens (tertiary/aromatic N) is 1. The number of hydrogen-bond donors (Lipinski definition) is 2. The van der Waals surface area contributed by atoms with Crippen molar-refractivity contribution in [3.8, 4) is 17.4 Å². The summed E-state index contributed by atoms with van der Waals surface area (Å²) in [5, 5.41) is 11.8. The first-order valence-electron chi connectivity index (χ1n) is 6.29. The zero-order chi connectivity index (χ0) is 14.8. The zero-order valence-corrected chi connectivity index (χ0v) is 11.0. The second kappa shape index (κ2) is 5.13. The lowest BCUT2D eigenvalue weighted by Crippen LogP contribution is -2.10. The van der Waals surface area contributed by atoms with Gasteiger partial charge in [0.05, 0.1) is 5.56 Å². The Balaban J connectivity index is 1.93. The quantitative estimate of drug-likeness (QED) is 0.772. The van der Waals surface area contributed by atoms with Gasteiger partial charge in [0.1, 0.15) is 0 Å². The van der Waals surface area contributed by atoms with Crippen LogP contribution in [0.1, 0.15) is 10.4 Å². The van der Waals surface area contributed by atoms with E-state index in [9.17, 15) is 9.90 Å². The van der Waals surface area contributed by atoms with Gasteiger partial charge in [-0.05, 0) is 29.0 Å². The highest BCUT2D eigenvalue weighted by molar-refractivity contribution is 5.92. The highest BCUT2D eigenvalue weighted by Crippen LogP contribution is 2.33. The molecule has 0 bridgehead atoms. The SMILES string of the molecule is NC(=O)c1ccc(Oc2cc3ccccc3cc2O)nc1. The van der Waals surface area contributed by atoms with Gasteiger partial charge in [0, 0.05) is 12.3 Å². The van der Waals surface area contributed by atoms with Crippen LogP contribution in [0, 0.1) is 0 Å². The van der Waals surface area contributed by atoms with E-state index in [-0.39, 0.29) is 11.6 Å². The summed E-state index contributed by atoms with van der Waals surface area (Å²) in [4.78, 5) is 15.0. The van der Waals surface area contributed by atoms with E-state index in [4.69, 9.17) is 10.5 Å². The highest BCUT2D eigenvalue weighted by atomic mass is 16.5. The molecule has 1 amide bonds. The largest absolute Gasteiger partial charge is 0.504 e. The topological polar surface area (TPSA) is 85.4 Å². The molecule has 0 aliphatic rings. The summed E-state index contributed by atoms with van der Waals surface area (Å²) < 4.78 is 5.54. The third kappa shape index (κ3) is 2.62. The van der Waals surface area contributed by atoms with E-state index in [0.717, 1.165) is 10.8 Å². The van der Waals surface area contributed by atoms with Crippen molar-refractivity contribution in [2.75, 3.05) is 0 Å². The molecular formula is C16H12N2O3. The van der Waals surface area contributed by atoms with Crippen molar-refractivity contribution in [2.45, 2.75) is 0 Å². The van der Waals surface area contributed by atoms with E-state index >= 15 is 0 Å². The molecule has 104 valence electrons. The van der Waals surface area contributed by atoms with Gasteiger partial charge in [-0.15, -0.1) is 0 Å². The Labute approximate surface area is 120 Å². The highest BCUT2D eigenvalue weighted by Gasteiger charge is 2.08. The van der Waals surface area contributed by atoms with Crippen LogP contribution in [0.5, 0.6) is 17.4 Å². The molecule has 3 N–H and O–H groups in total. The Morgan fingerprint density at radius 1 is 1.10 bits per heavy atom. The monoisotopic (exact) mass is 280 g/mol. The number of nitrogens with two attached hydrogens (primary N) is 1. The van der Waals surface area contributed by atoms with Crippen LogP contribution in [0.25, 0.3) is 10.8 Å². The molecule has 21 heavy (non-hydrogen) atoms. The van der Waals surface area contributed by atoms with Crippen molar-refractivity contribution >= 4 is 16.7 Å². The Hall–Kier alpha value is -3.08. The molecule has 2 aromatic carbocycles. The van der Waals surface area contributed by atoms with Gasteiger partial charge in [0.2, 0.25) is 11.8 Å². The van der Waals surface area contributed by atoms with E-state index in [1.807, 2.05) is 24.3 Å². The second-order valence-electron chi connectivity index (χ2n) is 4.52. The van der Waals surface area contributed by atoms with Crippen molar-refractivity contribution in [1.29, 1.82) is 0 Å². The Kier molecular flexibility index (Phi) is 3.16. The van der Waals surface area contributed by atoms with Crippen molar-refractivity contribution in [3.63, 3.8) is 0 Å². The van der Waals surface area contributed by atoms with Crippen molar-refractivity contribution in [3.05, 3.63) is 60.3 Å². The molecule has 0 unspecified atom stereocenters. The lowest BCUT2D eigenvalue weighted by atomic mass is 10.1. The number of ether oxygens (including phenoxy) is 1. The van der Waals surface area contributed by atoms with Crippen molar-refractivity contribution in [2.24, 2.45) is 5.73 Å². The van der Waals surface area contributed by atoms with Crippen LogP contribution in [0.2, 0.25) is 0 Å². The van der Waals surface area contributed by atoms with Crippen LogP contribution in [0.15, 0.2) is 54.7 Å². The van der Waals surface area contributed by atoms with E-state index in [2.05, 4.69) is 4.98 Å². The fourth-order valence-corrected chi connectivity index (χ4v) is 1.99. The number of hydrogen-bond acceptors (Lipinski definition) is 4. The molecule has 5 nitrogen and oxygen atoms in total. The fourth-order valence-electron chi connectivity index (χ4n) is 1.99. The molecule has 0 atom stereocenters. The first-order chi connectivity index (χ1) is 10.1. The summed E-state index contributed by atoms with van der Waals surface area (Å²) in [6.45, 7) is 0. The average Bonchev–Trinajstić information content (AvgIpc) is 2.48. The number of phenolic OH excluding ortho intramolecular Hbond substituents is 1. The number of rotatable bonds is 3. The number of phenols is 1. The second-order valence-corrected chi connectivity index (χ2v) is 4.52. The maximum absolute atomic E-state index is 11.0. The van der Waals surface area contributed by atoms with E-state index in [0.29, 0.717) is 11.3 Å². The fraction of sp³-hybridized carbons (Fsp3) is 0. The van der Waals surface area contributed by atoms with E-state index in [1.54, 1.807) is 12.1 Å². The molecule has 0 radical (unpaired) electrons. The summed E-state index contributed by atoms with van der Waals surface area (Å²) >= 11 is 0. The van der Waals surface area contributed by atoms with Gasteiger partial charge < -0.3 is 15.6 Å². The number of benzene rings is 2. The lowest BCUT2D eigenvalue weighted by Gasteiger charge is -2.08. The minimum Gasteiger partial charge on any atom is -0.504 e. The Bertz CT molecular complexity index is 813. The van der Waals surface area contributed by atoms with Crippen LogP contribution in [-0.2, 0) is 0 Å². The van der Waals surface area contributed by atoms with Crippen LogP contribution >= 0.6 is 0 Å². The third-order valence-electron chi connectivity index (χ3n) is 3.06. The van der Waals surface area contributed by atoms with Gasteiger partial charge >= 0.3 is 0 Å². The predicted octanol–water partition coefficient (Wildman–Crippen LogP) is 2.83. The maximum Gasteiger partial charge on any atom is 0.250 e. The predicted molar refractivity (Wildman–Crippen MR) is 78.4 cm³/mol. The normalized spacial score (nSPS) is 10.5. The molecule has 0 saturated carbocycles. The molecule has 0 aliphatic carbocycles. The van der Waals surface area contributed by atoms with Crippen LogP contribution in [0.3, 0.4) is 0 Å². The van der Waals surface area contributed by atoms with Gasteiger partial charge in [-0.1, -0.05) is 24.3 Å². The lowest BCUT2D eigenvalue weighted by molar-refractivity contribution is 0.1000. The number of primary amides is 1. The van der Waals surface area contributed by atoms with Gasteiger partial charge in [0.15, 0.2) is 11.5 Å².